The zero-order valence-electron chi connectivity index (χ0n) is 12.0. The fourth-order valence-corrected chi connectivity index (χ4v) is 4.07. The topological polar surface area (TPSA) is 12.0 Å². The summed E-state index contributed by atoms with van der Waals surface area (Å²) in [7, 11) is 0. The van der Waals surface area contributed by atoms with Gasteiger partial charge in [0.25, 0.3) is 0 Å². The third-order valence-electron chi connectivity index (χ3n) is 4.85. The van der Waals surface area contributed by atoms with Gasteiger partial charge in [0.05, 0.1) is 6.04 Å². The van der Waals surface area contributed by atoms with E-state index in [0.29, 0.717) is 11.8 Å². The zero-order valence-corrected chi connectivity index (χ0v) is 12.8. The molecule has 0 fully saturated rings. The van der Waals surface area contributed by atoms with Crippen molar-refractivity contribution < 1.29 is 0 Å². The minimum Gasteiger partial charge on any atom is -0.377 e. The second-order valence-corrected chi connectivity index (χ2v) is 6.44. The van der Waals surface area contributed by atoms with Crippen molar-refractivity contribution in [1.82, 2.24) is 0 Å². The molecule has 3 atom stereocenters. The van der Waals surface area contributed by atoms with Gasteiger partial charge < -0.3 is 5.32 Å². The molecule has 0 aromatic heterocycles. The average Bonchev–Trinajstić information content (AvgIpc) is 2.97. The Morgan fingerprint density at radius 1 is 1.05 bits per heavy atom. The van der Waals surface area contributed by atoms with E-state index in [0.717, 1.165) is 11.4 Å². The molecule has 0 amide bonds. The molecule has 1 N–H and O–H groups in total. The molecule has 1 heterocycles. The Morgan fingerprint density at radius 3 is 2.71 bits per heavy atom. The van der Waals surface area contributed by atoms with Gasteiger partial charge in [0, 0.05) is 16.6 Å². The molecule has 0 spiro atoms. The van der Waals surface area contributed by atoms with Crippen LogP contribution in [0, 0.1) is 12.8 Å². The molecule has 0 radical (unpaired) electrons. The number of anilines is 1. The van der Waals surface area contributed by atoms with E-state index >= 15 is 0 Å². The Morgan fingerprint density at radius 2 is 1.86 bits per heavy atom. The lowest BCUT2D eigenvalue weighted by molar-refractivity contribution is 0.425. The number of allylic oxidation sites excluding steroid dienone is 2. The van der Waals surface area contributed by atoms with Crippen LogP contribution in [0.15, 0.2) is 54.6 Å². The molecule has 2 aliphatic rings. The summed E-state index contributed by atoms with van der Waals surface area (Å²) in [5.41, 5.74) is 5.24. The summed E-state index contributed by atoms with van der Waals surface area (Å²) >= 11 is 6.45. The second kappa shape index (κ2) is 4.92. The van der Waals surface area contributed by atoms with Gasteiger partial charge in [0.15, 0.2) is 0 Å². The molecule has 2 aromatic carbocycles. The number of rotatable bonds is 1. The van der Waals surface area contributed by atoms with E-state index in [9.17, 15) is 0 Å². The number of aryl methyl sites for hydroxylation is 1. The average molecular weight is 296 g/mol. The summed E-state index contributed by atoms with van der Waals surface area (Å²) in [5, 5.41) is 4.63. The van der Waals surface area contributed by atoms with Gasteiger partial charge in [0.1, 0.15) is 0 Å². The van der Waals surface area contributed by atoms with Gasteiger partial charge in [-0.05, 0) is 42.0 Å². The maximum atomic E-state index is 6.45. The predicted octanol–water partition coefficient (Wildman–Crippen LogP) is 5.47. The Bertz CT molecular complexity index is 719. The van der Waals surface area contributed by atoms with Gasteiger partial charge in [-0.1, -0.05) is 60.2 Å². The predicted molar refractivity (Wildman–Crippen MR) is 89.0 cm³/mol. The van der Waals surface area contributed by atoms with Crippen LogP contribution in [-0.2, 0) is 0 Å². The monoisotopic (exact) mass is 295 g/mol. The van der Waals surface area contributed by atoms with Gasteiger partial charge in [-0.25, -0.2) is 0 Å². The Kier molecular flexibility index (Phi) is 3.04. The first-order valence-corrected chi connectivity index (χ1v) is 7.90. The summed E-state index contributed by atoms with van der Waals surface area (Å²) in [6.45, 7) is 2.18. The van der Waals surface area contributed by atoms with Crippen molar-refractivity contribution in [3.63, 3.8) is 0 Å². The fourth-order valence-electron chi connectivity index (χ4n) is 3.81. The van der Waals surface area contributed by atoms with Crippen LogP contribution in [-0.4, -0.2) is 0 Å². The first-order valence-electron chi connectivity index (χ1n) is 7.53. The van der Waals surface area contributed by atoms with Crippen LogP contribution in [0.3, 0.4) is 0 Å². The molecule has 0 saturated carbocycles. The SMILES string of the molecule is Cc1cccc2c1N[C@H](c1ccccc1Cl)[C@H]1CC=C[C@H]21. The Hall–Kier alpha value is -1.73. The molecule has 106 valence electrons. The number of fused-ring (bicyclic) bond motifs is 3. The molecule has 2 aromatic rings. The third kappa shape index (κ3) is 1.99. The minimum atomic E-state index is 0.285. The maximum Gasteiger partial charge on any atom is 0.0568 e. The molecular formula is C19H18ClN. The van der Waals surface area contributed by atoms with Gasteiger partial charge in [0.2, 0.25) is 0 Å². The molecule has 4 rings (SSSR count). The van der Waals surface area contributed by atoms with Crippen molar-refractivity contribution in [3.05, 3.63) is 76.3 Å². The number of para-hydroxylation sites is 1. The van der Waals surface area contributed by atoms with E-state index in [1.165, 1.54) is 22.4 Å². The summed E-state index contributed by atoms with van der Waals surface area (Å²) in [5.74, 6) is 1.06. The van der Waals surface area contributed by atoms with Crippen molar-refractivity contribution in [3.8, 4) is 0 Å². The molecule has 1 nitrogen and oxygen atoms in total. The lowest BCUT2D eigenvalue weighted by atomic mass is 9.76. The van der Waals surface area contributed by atoms with Crippen molar-refractivity contribution in [1.29, 1.82) is 0 Å². The van der Waals surface area contributed by atoms with Crippen LogP contribution < -0.4 is 5.32 Å². The Labute approximate surface area is 130 Å². The highest BCUT2D eigenvalue weighted by molar-refractivity contribution is 6.31. The molecule has 2 heteroatoms. The Balaban J connectivity index is 1.85. The molecule has 1 aliphatic heterocycles. The molecule has 21 heavy (non-hydrogen) atoms. The number of hydrogen-bond acceptors (Lipinski definition) is 1. The summed E-state index contributed by atoms with van der Waals surface area (Å²) in [4.78, 5) is 0. The summed E-state index contributed by atoms with van der Waals surface area (Å²) < 4.78 is 0. The van der Waals surface area contributed by atoms with Crippen molar-refractivity contribution in [2.24, 2.45) is 5.92 Å². The van der Waals surface area contributed by atoms with Crippen molar-refractivity contribution >= 4 is 17.3 Å². The van der Waals surface area contributed by atoms with E-state index in [-0.39, 0.29) is 6.04 Å². The van der Waals surface area contributed by atoms with Crippen LogP contribution >= 0.6 is 11.6 Å². The first kappa shape index (κ1) is 13.0. The largest absolute Gasteiger partial charge is 0.377 e. The lowest BCUT2D eigenvalue weighted by Gasteiger charge is -2.38. The van der Waals surface area contributed by atoms with E-state index in [4.69, 9.17) is 11.6 Å². The maximum absolute atomic E-state index is 6.45. The zero-order chi connectivity index (χ0) is 14.4. The normalized spacial score (nSPS) is 26.1. The quantitative estimate of drug-likeness (QED) is 0.687. The van der Waals surface area contributed by atoms with Crippen molar-refractivity contribution in [2.75, 3.05) is 5.32 Å². The molecular weight excluding hydrogens is 278 g/mol. The summed E-state index contributed by atoms with van der Waals surface area (Å²) in [6.07, 6.45) is 5.80. The van der Waals surface area contributed by atoms with Gasteiger partial charge in [-0.2, -0.15) is 0 Å². The lowest BCUT2D eigenvalue weighted by Crippen LogP contribution is -2.29. The molecule has 0 saturated heterocycles. The van der Waals surface area contributed by atoms with Gasteiger partial charge >= 0.3 is 0 Å². The van der Waals surface area contributed by atoms with E-state index < -0.39 is 0 Å². The minimum absolute atomic E-state index is 0.285. The highest BCUT2D eigenvalue weighted by atomic mass is 35.5. The smallest absolute Gasteiger partial charge is 0.0568 e. The van der Waals surface area contributed by atoms with Gasteiger partial charge in [-0.3, -0.25) is 0 Å². The van der Waals surface area contributed by atoms with Crippen LogP contribution in [0.2, 0.25) is 5.02 Å². The first-order chi connectivity index (χ1) is 10.3. The van der Waals surface area contributed by atoms with Crippen LogP contribution in [0.4, 0.5) is 5.69 Å². The van der Waals surface area contributed by atoms with E-state index in [2.05, 4.69) is 54.7 Å². The number of hydrogen-bond donors (Lipinski definition) is 1. The summed E-state index contributed by atoms with van der Waals surface area (Å²) in [6, 6.07) is 15.1. The van der Waals surface area contributed by atoms with E-state index in [1.807, 2.05) is 12.1 Å². The van der Waals surface area contributed by atoms with Crippen molar-refractivity contribution in [2.45, 2.75) is 25.3 Å². The third-order valence-corrected chi connectivity index (χ3v) is 5.19. The number of nitrogens with one attached hydrogen (secondary N) is 1. The second-order valence-electron chi connectivity index (χ2n) is 6.04. The van der Waals surface area contributed by atoms with Crippen LogP contribution in [0.5, 0.6) is 0 Å². The molecule has 0 bridgehead atoms. The molecule has 1 aliphatic carbocycles. The molecule has 0 unspecified atom stereocenters. The van der Waals surface area contributed by atoms with Crippen LogP contribution in [0.25, 0.3) is 0 Å². The fraction of sp³-hybridized carbons (Fsp3) is 0.263. The van der Waals surface area contributed by atoms with E-state index in [1.54, 1.807) is 0 Å². The number of benzene rings is 2. The standard InChI is InChI=1S/C19H18ClN/c1-12-6-4-9-14-13-8-5-10-15(13)19(21-18(12)14)16-7-2-3-11-17(16)20/h2-9,11,13,15,19,21H,10H2,1H3/t13-,15+,19+/m1/s1. The van der Waals surface area contributed by atoms with Crippen LogP contribution in [0.1, 0.15) is 35.1 Å². The highest BCUT2D eigenvalue weighted by Crippen LogP contribution is 2.51. The highest BCUT2D eigenvalue weighted by Gasteiger charge is 2.38. The number of halogens is 1. The van der Waals surface area contributed by atoms with Gasteiger partial charge in [-0.15, -0.1) is 0 Å².